The quantitative estimate of drug-likeness (QED) is 0.573. The lowest BCUT2D eigenvalue weighted by molar-refractivity contribution is 0.0318. The number of hydrogen-bond donors (Lipinski definition) is 0. The van der Waals surface area contributed by atoms with Crippen LogP contribution in [0.5, 0.6) is 0 Å². The third kappa shape index (κ3) is 4.36. The van der Waals surface area contributed by atoms with E-state index in [1.54, 1.807) is 12.1 Å². The summed E-state index contributed by atoms with van der Waals surface area (Å²) in [6, 6.07) is 12.4. The lowest BCUT2D eigenvalue weighted by atomic mass is 10.1. The van der Waals surface area contributed by atoms with E-state index in [1.165, 1.54) is 45.3 Å². The number of benzene rings is 2. The van der Waals surface area contributed by atoms with Crippen LogP contribution in [0.25, 0.3) is 0 Å². The summed E-state index contributed by atoms with van der Waals surface area (Å²) >= 11 is 0. The Morgan fingerprint density at radius 2 is 1.42 bits per heavy atom. The number of Topliss-reactive ketones (excluding diaryl/α,β-unsaturated/α-hetero) is 1. The smallest absolute Gasteiger partial charge is 0.338 e. The number of hydrogen-bond acceptors (Lipinski definition) is 5. The maximum atomic E-state index is 12.3. The van der Waals surface area contributed by atoms with Gasteiger partial charge in [-0.3, -0.25) is 4.79 Å². The number of ketones is 1. The maximum Gasteiger partial charge on any atom is 0.338 e. The van der Waals surface area contributed by atoms with Gasteiger partial charge in [0.25, 0.3) is 0 Å². The Hall–Kier alpha value is -2.51. The molecule has 0 radical (unpaired) electrons. The zero-order chi connectivity index (χ0) is 19.5. The predicted molar refractivity (Wildman–Crippen MR) is 97.7 cm³/mol. The van der Waals surface area contributed by atoms with Crippen LogP contribution in [-0.4, -0.2) is 44.7 Å². The van der Waals surface area contributed by atoms with Gasteiger partial charge in [0, 0.05) is 19.7 Å². The summed E-state index contributed by atoms with van der Waals surface area (Å²) in [7, 11) is -0.715. The molecule has 0 saturated heterocycles. The normalized spacial score (nSPS) is 12.7. The van der Waals surface area contributed by atoms with Crippen LogP contribution in [0, 0.1) is 6.92 Å². The first-order chi connectivity index (χ1) is 12.1. The van der Waals surface area contributed by atoms with Gasteiger partial charge in [0.15, 0.2) is 6.10 Å². The summed E-state index contributed by atoms with van der Waals surface area (Å²) in [5.41, 5.74) is 1.66. The van der Waals surface area contributed by atoms with Gasteiger partial charge in [-0.1, -0.05) is 29.8 Å². The van der Waals surface area contributed by atoms with Gasteiger partial charge >= 0.3 is 5.97 Å². The second kappa shape index (κ2) is 7.80. The molecule has 138 valence electrons. The van der Waals surface area contributed by atoms with E-state index in [9.17, 15) is 18.0 Å². The molecule has 2 rings (SSSR count). The van der Waals surface area contributed by atoms with Crippen molar-refractivity contribution >= 4 is 21.8 Å². The molecule has 0 unspecified atom stereocenters. The number of carbonyl (C=O) groups excluding carboxylic acids is 2. The van der Waals surface area contributed by atoms with E-state index >= 15 is 0 Å². The van der Waals surface area contributed by atoms with Gasteiger partial charge in [-0.2, -0.15) is 0 Å². The molecule has 0 aliphatic carbocycles. The molecule has 0 saturated carbocycles. The number of aryl methyl sites for hydroxylation is 1. The molecular weight excluding hydrogens is 354 g/mol. The van der Waals surface area contributed by atoms with Crippen molar-refractivity contribution in [3.63, 3.8) is 0 Å². The maximum absolute atomic E-state index is 12.3. The van der Waals surface area contributed by atoms with Crippen molar-refractivity contribution in [1.29, 1.82) is 0 Å². The highest BCUT2D eigenvalue weighted by Gasteiger charge is 2.22. The predicted octanol–water partition coefficient (Wildman–Crippen LogP) is 2.67. The van der Waals surface area contributed by atoms with Crippen LogP contribution >= 0.6 is 0 Å². The minimum Gasteiger partial charge on any atom is -0.451 e. The minimum absolute atomic E-state index is 0.0721. The Labute approximate surface area is 153 Å². The van der Waals surface area contributed by atoms with Crippen molar-refractivity contribution < 1.29 is 22.7 Å². The van der Waals surface area contributed by atoms with Crippen molar-refractivity contribution in [3.05, 3.63) is 65.2 Å². The molecular formula is C19H21NO5S. The average Bonchev–Trinajstić information content (AvgIpc) is 2.61. The van der Waals surface area contributed by atoms with Gasteiger partial charge in [0.1, 0.15) is 0 Å². The first-order valence-corrected chi connectivity index (χ1v) is 9.41. The Bertz CT molecular complexity index is 900. The second-order valence-corrected chi connectivity index (χ2v) is 8.24. The molecule has 0 N–H and O–H groups in total. The molecule has 26 heavy (non-hydrogen) atoms. The van der Waals surface area contributed by atoms with E-state index in [1.807, 2.05) is 19.1 Å². The van der Waals surface area contributed by atoms with Crippen molar-refractivity contribution in [2.45, 2.75) is 24.8 Å². The van der Waals surface area contributed by atoms with Crippen LogP contribution in [0.3, 0.4) is 0 Å². The number of ether oxygens (including phenoxy) is 1. The SMILES string of the molecule is Cc1ccc(C(=O)[C@H](C)OC(=O)c2ccc(S(=O)(=O)N(C)C)cc2)cc1. The average molecular weight is 375 g/mol. The van der Waals surface area contributed by atoms with Crippen molar-refractivity contribution in [2.75, 3.05) is 14.1 Å². The fourth-order valence-corrected chi connectivity index (χ4v) is 3.11. The molecule has 0 fully saturated rings. The third-order valence-electron chi connectivity index (χ3n) is 3.86. The molecule has 0 aromatic heterocycles. The zero-order valence-electron chi connectivity index (χ0n) is 15.1. The highest BCUT2D eigenvalue weighted by molar-refractivity contribution is 7.89. The summed E-state index contributed by atoms with van der Waals surface area (Å²) in [4.78, 5) is 24.6. The standard InChI is InChI=1S/C19H21NO5S/c1-13-5-7-15(8-6-13)18(21)14(2)25-19(22)16-9-11-17(12-10-16)26(23,24)20(3)4/h5-12,14H,1-4H3/t14-/m0/s1. The Morgan fingerprint density at radius 1 is 0.923 bits per heavy atom. The number of carbonyl (C=O) groups is 2. The Morgan fingerprint density at radius 3 is 1.92 bits per heavy atom. The lowest BCUT2D eigenvalue weighted by Gasteiger charge is -2.14. The molecule has 7 heteroatoms. The summed E-state index contributed by atoms with van der Waals surface area (Å²) in [5, 5.41) is 0. The Kier molecular flexibility index (Phi) is 5.94. The van der Waals surface area contributed by atoms with E-state index in [-0.39, 0.29) is 16.2 Å². The topological polar surface area (TPSA) is 80.8 Å². The van der Waals surface area contributed by atoms with E-state index in [2.05, 4.69) is 0 Å². The Balaban J connectivity index is 2.09. The molecule has 2 aromatic rings. The first kappa shape index (κ1) is 19.8. The van der Waals surface area contributed by atoms with Crippen LogP contribution in [0.15, 0.2) is 53.4 Å². The molecule has 1 atom stereocenters. The van der Waals surface area contributed by atoms with E-state index in [0.29, 0.717) is 5.56 Å². The number of esters is 1. The fourth-order valence-electron chi connectivity index (χ4n) is 2.21. The van der Waals surface area contributed by atoms with Gasteiger partial charge in [-0.15, -0.1) is 0 Å². The largest absolute Gasteiger partial charge is 0.451 e. The van der Waals surface area contributed by atoms with Gasteiger partial charge in [-0.25, -0.2) is 17.5 Å². The summed E-state index contributed by atoms with van der Waals surface area (Å²) in [6.07, 6.45) is -0.949. The zero-order valence-corrected chi connectivity index (χ0v) is 15.9. The third-order valence-corrected chi connectivity index (χ3v) is 5.69. The van der Waals surface area contributed by atoms with Crippen molar-refractivity contribution in [1.82, 2.24) is 4.31 Å². The van der Waals surface area contributed by atoms with Crippen LogP contribution < -0.4 is 0 Å². The lowest BCUT2D eigenvalue weighted by Crippen LogP contribution is -2.24. The molecule has 0 aliphatic heterocycles. The minimum atomic E-state index is -3.57. The van der Waals surface area contributed by atoms with Gasteiger partial charge in [0.2, 0.25) is 15.8 Å². The van der Waals surface area contributed by atoms with Crippen LogP contribution in [0.2, 0.25) is 0 Å². The van der Waals surface area contributed by atoms with Crippen LogP contribution in [0.1, 0.15) is 33.2 Å². The van der Waals surface area contributed by atoms with Gasteiger partial charge in [0.05, 0.1) is 10.5 Å². The number of rotatable bonds is 6. The fraction of sp³-hybridized carbons (Fsp3) is 0.263. The van der Waals surface area contributed by atoms with Crippen molar-refractivity contribution in [2.24, 2.45) is 0 Å². The van der Waals surface area contributed by atoms with Crippen molar-refractivity contribution in [3.8, 4) is 0 Å². The van der Waals surface area contributed by atoms with E-state index in [0.717, 1.165) is 9.87 Å². The molecule has 0 amide bonds. The summed E-state index contributed by atoms with van der Waals surface area (Å²) in [5.74, 6) is -0.989. The highest BCUT2D eigenvalue weighted by atomic mass is 32.2. The van der Waals surface area contributed by atoms with E-state index < -0.39 is 22.1 Å². The monoisotopic (exact) mass is 375 g/mol. The molecule has 0 bridgehead atoms. The summed E-state index contributed by atoms with van der Waals surface area (Å²) in [6.45, 7) is 3.42. The molecule has 0 heterocycles. The van der Waals surface area contributed by atoms with Crippen LogP contribution in [-0.2, 0) is 14.8 Å². The second-order valence-electron chi connectivity index (χ2n) is 6.09. The number of nitrogens with zero attached hydrogens (tertiary/aromatic N) is 1. The molecule has 2 aromatic carbocycles. The van der Waals surface area contributed by atoms with E-state index in [4.69, 9.17) is 4.74 Å². The molecule has 0 aliphatic rings. The summed E-state index contributed by atoms with van der Waals surface area (Å²) < 4.78 is 30.3. The molecule has 0 spiro atoms. The highest BCUT2D eigenvalue weighted by Crippen LogP contribution is 2.16. The molecule has 6 nitrogen and oxygen atoms in total. The van der Waals surface area contributed by atoms with Gasteiger partial charge in [-0.05, 0) is 38.1 Å². The van der Waals surface area contributed by atoms with Crippen LogP contribution in [0.4, 0.5) is 0 Å². The first-order valence-electron chi connectivity index (χ1n) is 7.97. The van der Waals surface area contributed by atoms with Gasteiger partial charge < -0.3 is 4.74 Å². The number of sulfonamides is 1.